The van der Waals surface area contributed by atoms with Gasteiger partial charge in [-0.3, -0.25) is 0 Å². The first-order valence-electron chi connectivity index (χ1n) is 8.32. The Bertz CT molecular complexity index is 420. The van der Waals surface area contributed by atoms with Crippen molar-refractivity contribution in [2.45, 2.75) is 79.3 Å². The quantitative estimate of drug-likeness (QED) is 0.713. The van der Waals surface area contributed by atoms with Crippen molar-refractivity contribution in [3.63, 3.8) is 0 Å². The Morgan fingerprint density at radius 2 is 1.90 bits per heavy atom. The molecule has 1 atom stereocenters. The summed E-state index contributed by atoms with van der Waals surface area (Å²) in [7, 11) is 0. The Morgan fingerprint density at radius 1 is 1.24 bits per heavy atom. The number of hydrogen-bond acceptors (Lipinski definition) is 4. The molecule has 4 heteroatoms. The smallest absolute Gasteiger partial charge is 0.186 e. The number of nitrogens with one attached hydrogen (secondary N) is 1. The molecule has 0 aliphatic carbocycles. The molecule has 0 bridgehead atoms. The Hall–Kier alpha value is -0.610. The van der Waals surface area contributed by atoms with Gasteiger partial charge in [-0.05, 0) is 33.2 Å². The fraction of sp³-hybridized carbons (Fsp3) is 0.824. The van der Waals surface area contributed by atoms with Gasteiger partial charge in [-0.25, -0.2) is 4.98 Å². The molecular formula is C17H33N3S. The van der Waals surface area contributed by atoms with Crippen LogP contribution in [-0.4, -0.2) is 24.1 Å². The zero-order chi connectivity index (χ0) is 16.0. The average Bonchev–Trinajstić information content (AvgIpc) is 2.83. The minimum absolute atomic E-state index is 0.104. The topological polar surface area (TPSA) is 28.2 Å². The van der Waals surface area contributed by atoms with Crippen LogP contribution in [0.3, 0.4) is 0 Å². The molecule has 1 unspecified atom stereocenters. The van der Waals surface area contributed by atoms with Gasteiger partial charge in [-0.1, -0.05) is 34.6 Å². The largest absolute Gasteiger partial charge is 0.346 e. The van der Waals surface area contributed by atoms with Crippen LogP contribution in [0.4, 0.5) is 5.13 Å². The molecule has 0 amide bonds. The number of rotatable bonds is 8. The van der Waals surface area contributed by atoms with Crippen LogP contribution in [0, 0.1) is 0 Å². The molecule has 0 saturated heterocycles. The fourth-order valence-corrected chi connectivity index (χ4v) is 3.81. The molecule has 21 heavy (non-hydrogen) atoms. The molecule has 1 aromatic rings. The number of nitrogens with zero attached hydrogens (tertiary/aromatic N) is 2. The summed E-state index contributed by atoms with van der Waals surface area (Å²) < 4.78 is 0. The Morgan fingerprint density at radius 3 is 2.38 bits per heavy atom. The molecule has 0 aliphatic rings. The van der Waals surface area contributed by atoms with Gasteiger partial charge in [-0.15, -0.1) is 11.3 Å². The molecule has 0 aliphatic heterocycles. The average molecular weight is 312 g/mol. The normalized spacial score (nSPS) is 13.5. The Balaban J connectivity index is 3.06. The summed E-state index contributed by atoms with van der Waals surface area (Å²) in [6.07, 6.45) is 2.33. The molecule has 1 heterocycles. The van der Waals surface area contributed by atoms with Crippen LogP contribution >= 0.6 is 11.3 Å². The van der Waals surface area contributed by atoms with E-state index in [4.69, 9.17) is 4.98 Å². The van der Waals surface area contributed by atoms with E-state index in [-0.39, 0.29) is 5.41 Å². The van der Waals surface area contributed by atoms with Gasteiger partial charge in [0.1, 0.15) is 0 Å². The third-order valence-electron chi connectivity index (χ3n) is 3.82. The number of aromatic nitrogens is 1. The third kappa shape index (κ3) is 4.96. The van der Waals surface area contributed by atoms with Crippen molar-refractivity contribution >= 4 is 16.5 Å². The molecule has 1 rings (SSSR count). The van der Waals surface area contributed by atoms with Gasteiger partial charge in [0.05, 0.1) is 5.69 Å². The van der Waals surface area contributed by atoms with Crippen LogP contribution < -0.4 is 10.2 Å². The molecule has 1 aromatic heterocycles. The lowest BCUT2D eigenvalue weighted by molar-refractivity contribution is 0.556. The second-order valence-electron chi connectivity index (χ2n) is 6.74. The fourth-order valence-electron chi connectivity index (χ4n) is 2.40. The van der Waals surface area contributed by atoms with Crippen LogP contribution in [0.1, 0.15) is 71.9 Å². The highest BCUT2D eigenvalue weighted by Crippen LogP contribution is 2.34. The first kappa shape index (κ1) is 18.4. The van der Waals surface area contributed by atoms with Crippen molar-refractivity contribution in [1.29, 1.82) is 0 Å². The van der Waals surface area contributed by atoms with Crippen LogP contribution in [-0.2, 0) is 12.0 Å². The lowest BCUT2D eigenvalue weighted by Gasteiger charge is -2.26. The zero-order valence-corrected chi connectivity index (χ0v) is 15.7. The van der Waals surface area contributed by atoms with Gasteiger partial charge in [-0.2, -0.15) is 0 Å². The van der Waals surface area contributed by atoms with Gasteiger partial charge in [0.15, 0.2) is 5.13 Å². The molecule has 0 fully saturated rings. The molecule has 3 nitrogen and oxygen atoms in total. The van der Waals surface area contributed by atoms with Crippen LogP contribution in [0.2, 0.25) is 0 Å². The molecule has 0 aromatic carbocycles. The first-order valence-corrected chi connectivity index (χ1v) is 9.14. The summed E-state index contributed by atoms with van der Waals surface area (Å²) in [5, 5.41) is 4.71. The van der Waals surface area contributed by atoms with E-state index in [0.717, 1.165) is 26.1 Å². The van der Waals surface area contributed by atoms with Crippen LogP contribution in [0.5, 0.6) is 0 Å². The molecule has 0 saturated carbocycles. The van der Waals surface area contributed by atoms with Crippen molar-refractivity contribution in [2.75, 3.05) is 18.0 Å². The van der Waals surface area contributed by atoms with Crippen LogP contribution in [0.15, 0.2) is 0 Å². The zero-order valence-electron chi connectivity index (χ0n) is 14.9. The second kappa shape index (κ2) is 8.14. The monoisotopic (exact) mass is 311 g/mol. The highest BCUT2D eigenvalue weighted by atomic mass is 32.1. The predicted molar refractivity (Wildman–Crippen MR) is 95.6 cm³/mol. The molecule has 1 N–H and O–H groups in total. The molecule has 0 spiro atoms. The van der Waals surface area contributed by atoms with E-state index in [0.29, 0.717) is 6.04 Å². The summed E-state index contributed by atoms with van der Waals surface area (Å²) in [5.41, 5.74) is 1.36. The summed E-state index contributed by atoms with van der Waals surface area (Å²) >= 11 is 1.87. The predicted octanol–water partition coefficient (Wildman–Crippen LogP) is 4.57. The maximum absolute atomic E-state index is 5.00. The van der Waals surface area contributed by atoms with Crippen molar-refractivity contribution in [1.82, 2.24) is 10.3 Å². The van der Waals surface area contributed by atoms with E-state index in [1.807, 2.05) is 11.3 Å². The van der Waals surface area contributed by atoms with Crippen LogP contribution in [0.25, 0.3) is 0 Å². The minimum atomic E-state index is 0.104. The van der Waals surface area contributed by atoms with Crippen molar-refractivity contribution < 1.29 is 0 Å². The Labute approximate surface area is 135 Å². The SMILES string of the molecule is CCCNCc1sc(N(CC)C(C)CC)nc1C(C)(C)C. The van der Waals surface area contributed by atoms with Crippen molar-refractivity contribution in [2.24, 2.45) is 0 Å². The van der Waals surface area contributed by atoms with E-state index in [2.05, 4.69) is 58.7 Å². The maximum Gasteiger partial charge on any atom is 0.186 e. The summed E-state index contributed by atoms with van der Waals surface area (Å²) in [6.45, 7) is 18.8. The minimum Gasteiger partial charge on any atom is -0.346 e. The highest BCUT2D eigenvalue weighted by Gasteiger charge is 2.25. The van der Waals surface area contributed by atoms with Gasteiger partial charge >= 0.3 is 0 Å². The van der Waals surface area contributed by atoms with E-state index in [9.17, 15) is 0 Å². The van der Waals surface area contributed by atoms with E-state index < -0.39 is 0 Å². The van der Waals surface area contributed by atoms with Crippen molar-refractivity contribution in [3.8, 4) is 0 Å². The third-order valence-corrected chi connectivity index (χ3v) is 4.91. The maximum atomic E-state index is 5.00. The van der Waals surface area contributed by atoms with Gasteiger partial charge in [0, 0.05) is 29.4 Å². The number of thiazole rings is 1. The first-order chi connectivity index (χ1) is 9.85. The van der Waals surface area contributed by atoms with E-state index in [1.54, 1.807) is 0 Å². The van der Waals surface area contributed by atoms with Gasteiger partial charge in [0.2, 0.25) is 0 Å². The van der Waals surface area contributed by atoms with E-state index >= 15 is 0 Å². The summed E-state index contributed by atoms with van der Waals surface area (Å²) in [4.78, 5) is 8.83. The van der Waals surface area contributed by atoms with Gasteiger partial charge < -0.3 is 10.2 Å². The molecular weight excluding hydrogens is 278 g/mol. The standard InChI is InChI=1S/C17H33N3S/c1-8-11-18-12-14-15(17(5,6)7)19-16(21-14)20(10-3)13(4)9-2/h13,18H,8-12H2,1-7H3. The lowest BCUT2D eigenvalue weighted by Crippen LogP contribution is -2.32. The van der Waals surface area contributed by atoms with Crippen molar-refractivity contribution in [3.05, 3.63) is 10.6 Å². The molecule has 0 radical (unpaired) electrons. The summed E-state index contributed by atoms with van der Waals surface area (Å²) in [5.74, 6) is 0. The Kier molecular flexibility index (Phi) is 7.14. The number of anilines is 1. The number of hydrogen-bond donors (Lipinski definition) is 1. The molecule has 122 valence electrons. The summed E-state index contributed by atoms with van der Waals surface area (Å²) in [6, 6.07) is 0.547. The van der Waals surface area contributed by atoms with E-state index in [1.165, 1.54) is 22.1 Å². The second-order valence-corrected chi connectivity index (χ2v) is 7.80. The highest BCUT2D eigenvalue weighted by molar-refractivity contribution is 7.15. The lowest BCUT2D eigenvalue weighted by atomic mass is 9.91. The van der Waals surface area contributed by atoms with Gasteiger partial charge in [0.25, 0.3) is 0 Å².